The molecule has 0 fully saturated rings. The second-order valence-corrected chi connectivity index (χ2v) is 12.8. The van der Waals surface area contributed by atoms with Gasteiger partial charge in [-0.15, -0.1) is 0 Å². The lowest BCUT2D eigenvalue weighted by molar-refractivity contribution is -0.120. The minimum absolute atomic E-state index is 0.446. The summed E-state index contributed by atoms with van der Waals surface area (Å²) in [5, 5.41) is 3.93. The number of nitrogens with one attached hydrogen (secondary N) is 1. The number of alkyl halides is 3. The standard InChI is InChI=1S/C11H20Cl3NOSi/c1-8(2)6-9(17(3,4)5)7-15-10(16)11(12,13)14/h6,8H,7H2,1-5H3,(H,15,16)/b9-6-. The van der Waals surface area contributed by atoms with E-state index in [0.29, 0.717) is 12.5 Å². The van der Waals surface area contributed by atoms with Gasteiger partial charge in [-0.3, -0.25) is 4.79 Å². The molecule has 0 unspecified atom stereocenters. The summed E-state index contributed by atoms with van der Waals surface area (Å²) in [6.45, 7) is 11.3. The smallest absolute Gasteiger partial charge is 0.272 e. The monoisotopic (exact) mass is 315 g/mol. The number of amides is 1. The van der Waals surface area contributed by atoms with E-state index in [9.17, 15) is 4.79 Å². The summed E-state index contributed by atoms with van der Waals surface area (Å²) in [5.74, 6) is -0.128. The third-order valence-electron chi connectivity index (χ3n) is 2.19. The van der Waals surface area contributed by atoms with Crippen molar-refractivity contribution in [1.29, 1.82) is 0 Å². The molecule has 100 valence electrons. The molecule has 1 N–H and O–H groups in total. The Hall–Kier alpha value is 0.297. The second-order valence-electron chi connectivity index (χ2n) is 5.37. The molecular formula is C11H20Cl3NOSi. The first-order valence-electron chi connectivity index (χ1n) is 5.50. The molecule has 0 spiro atoms. The molecule has 0 rings (SSSR count). The minimum atomic E-state index is -1.89. The fraction of sp³-hybridized carbons (Fsp3) is 0.727. The van der Waals surface area contributed by atoms with Crippen molar-refractivity contribution in [3.8, 4) is 0 Å². The predicted molar refractivity (Wildman–Crippen MR) is 79.6 cm³/mol. The second kappa shape index (κ2) is 6.46. The number of carbonyl (C=O) groups excluding carboxylic acids is 1. The maximum atomic E-state index is 11.5. The van der Waals surface area contributed by atoms with Crippen molar-refractivity contribution < 1.29 is 4.79 Å². The van der Waals surface area contributed by atoms with Gasteiger partial charge < -0.3 is 5.32 Å². The van der Waals surface area contributed by atoms with Crippen LogP contribution in [0.2, 0.25) is 19.6 Å². The Morgan fingerprint density at radius 3 is 2.06 bits per heavy atom. The van der Waals surface area contributed by atoms with Gasteiger partial charge in [-0.2, -0.15) is 0 Å². The molecule has 0 radical (unpaired) electrons. The Kier molecular flexibility index (Phi) is 6.57. The molecular weight excluding hydrogens is 297 g/mol. The molecule has 0 aliphatic carbocycles. The Balaban J connectivity index is 4.66. The number of hydrogen-bond acceptors (Lipinski definition) is 1. The average molecular weight is 317 g/mol. The summed E-state index contributed by atoms with van der Waals surface area (Å²) in [5.41, 5.74) is 0. The van der Waals surface area contributed by atoms with Gasteiger partial charge in [0.15, 0.2) is 0 Å². The summed E-state index contributed by atoms with van der Waals surface area (Å²) in [7, 11) is -1.46. The van der Waals surface area contributed by atoms with Crippen molar-refractivity contribution >= 4 is 48.8 Å². The summed E-state index contributed by atoms with van der Waals surface area (Å²) < 4.78 is -1.89. The first-order valence-corrected chi connectivity index (χ1v) is 10.1. The van der Waals surface area contributed by atoms with Gasteiger partial charge in [0, 0.05) is 6.54 Å². The maximum Gasteiger partial charge on any atom is 0.272 e. The highest BCUT2D eigenvalue weighted by Crippen LogP contribution is 2.26. The predicted octanol–water partition coefficient (Wildman–Crippen LogP) is 3.93. The number of halogens is 3. The lowest BCUT2D eigenvalue weighted by Gasteiger charge is -2.23. The van der Waals surface area contributed by atoms with E-state index in [1.165, 1.54) is 5.20 Å². The zero-order valence-electron chi connectivity index (χ0n) is 10.9. The van der Waals surface area contributed by atoms with Crippen LogP contribution in [0, 0.1) is 5.92 Å². The van der Waals surface area contributed by atoms with Gasteiger partial charge >= 0.3 is 0 Å². The summed E-state index contributed by atoms with van der Waals surface area (Å²) in [6.07, 6.45) is 2.19. The highest BCUT2D eigenvalue weighted by atomic mass is 35.6. The van der Waals surface area contributed by atoms with E-state index < -0.39 is 17.8 Å². The van der Waals surface area contributed by atoms with Gasteiger partial charge in [-0.25, -0.2) is 0 Å². The zero-order valence-corrected chi connectivity index (χ0v) is 14.2. The van der Waals surface area contributed by atoms with Crippen LogP contribution in [0.3, 0.4) is 0 Å². The first kappa shape index (κ1) is 17.3. The largest absolute Gasteiger partial charge is 0.349 e. The van der Waals surface area contributed by atoms with E-state index in [0.717, 1.165) is 0 Å². The molecule has 6 heteroatoms. The Bertz CT molecular complexity index is 303. The van der Waals surface area contributed by atoms with Crippen molar-refractivity contribution in [2.75, 3.05) is 6.54 Å². The maximum absolute atomic E-state index is 11.5. The van der Waals surface area contributed by atoms with Gasteiger partial charge in [0.25, 0.3) is 9.70 Å². The summed E-state index contributed by atoms with van der Waals surface area (Å²) in [6, 6.07) is 0. The van der Waals surface area contributed by atoms with E-state index in [1.807, 2.05) is 0 Å². The average Bonchev–Trinajstić information content (AvgIpc) is 2.07. The third-order valence-corrected chi connectivity index (χ3v) is 4.98. The quantitative estimate of drug-likeness (QED) is 0.618. The number of carbonyl (C=O) groups is 1. The Morgan fingerprint density at radius 2 is 1.76 bits per heavy atom. The molecule has 0 saturated heterocycles. The van der Waals surface area contributed by atoms with Gasteiger partial charge in [0.05, 0.1) is 8.07 Å². The fourth-order valence-electron chi connectivity index (χ4n) is 1.25. The molecule has 0 aliphatic rings. The molecule has 0 atom stereocenters. The molecule has 2 nitrogen and oxygen atoms in total. The molecule has 0 bridgehead atoms. The zero-order chi connectivity index (χ0) is 13.9. The highest BCUT2D eigenvalue weighted by Gasteiger charge is 2.31. The van der Waals surface area contributed by atoms with E-state index in [-0.39, 0.29) is 0 Å². The molecule has 0 aromatic carbocycles. The van der Waals surface area contributed by atoms with Gasteiger partial charge in [-0.05, 0) is 5.92 Å². The van der Waals surface area contributed by atoms with E-state index in [1.54, 1.807) is 0 Å². The lowest BCUT2D eigenvalue weighted by Crippen LogP contribution is -2.40. The van der Waals surface area contributed by atoms with Crippen LogP contribution in [0.15, 0.2) is 11.3 Å². The van der Waals surface area contributed by atoms with Crippen molar-refractivity contribution in [3.63, 3.8) is 0 Å². The van der Waals surface area contributed by atoms with Crippen LogP contribution >= 0.6 is 34.8 Å². The molecule has 1 amide bonds. The molecule has 0 aliphatic heterocycles. The van der Waals surface area contributed by atoms with Gasteiger partial charge in [-0.1, -0.05) is 79.6 Å². The Labute approximate surface area is 120 Å². The van der Waals surface area contributed by atoms with Crippen molar-refractivity contribution in [2.45, 2.75) is 37.3 Å². The minimum Gasteiger partial charge on any atom is -0.349 e. The van der Waals surface area contributed by atoms with Gasteiger partial charge in [0.2, 0.25) is 0 Å². The summed E-state index contributed by atoms with van der Waals surface area (Å²) >= 11 is 16.5. The first-order chi connectivity index (χ1) is 7.44. The molecule has 0 aromatic rings. The van der Waals surface area contributed by atoms with Gasteiger partial charge in [0.1, 0.15) is 0 Å². The van der Waals surface area contributed by atoms with Crippen molar-refractivity contribution in [3.05, 3.63) is 11.3 Å². The van der Waals surface area contributed by atoms with E-state index in [4.69, 9.17) is 34.8 Å². The normalized spacial score (nSPS) is 14.1. The molecule has 0 heterocycles. The van der Waals surface area contributed by atoms with E-state index >= 15 is 0 Å². The lowest BCUT2D eigenvalue weighted by atomic mass is 10.2. The Morgan fingerprint density at radius 1 is 1.29 bits per heavy atom. The van der Waals surface area contributed by atoms with Crippen LogP contribution in [-0.4, -0.2) is 24.3 Å². The SMILES string of the molecule is CC(C)/C=C(/CNC(=O)C(Cl)(Cl)Cl)[Si](C)(C)C. The summed E-state index contributed by atoms with van der Waals surface area (Å²) in [4.78, 5) is 11.5. The number of rotatable bonds is 4. The van der Waals surface area contributed by atoms with Crippen LogP contribution < -0.4 is 5.32 Å². The topological polar surface area (TPSA) is 29.1 Å². The van der Waals surface area contributed by atoms with E-state index in [2.05, 4.69) is 44.9 Å². The fourth-order valence-corrected chi connectivity index (χ4v) is 2.90. The molecule has 17 heavy (non-hydrogen) atoms. The van der Waals surface area contributed by atoms with Crippen LogP contribution in [0.4, 0.5) is 0 Å². The van der Waals surface area contributed by atoms with Crippen LogP contribution in [-0.2, 0) is 4.79 Å². The molecule has 0 saturated carbocycles. The van der Waals surface area contributed by atoms with Crippen LogP contribution in [0.5, 0.6) is 0 Å². The van der Waals surface area contributed by atoms with Crippen molar-refractivity contribution in [2.24, 2.45) is 5.92 Å². The number of allylic oxidation sites excluding steroid dienone is 1. The highest BCUT2D eigenvalue weighted by molar-refractivity contribution is 6.83. The third kappa shape index (κ3) is 7.34. The number of hydrogen-bond donors (Lipinski definition) is 1. The van der Waals surface area contributed by atoms with Crippen molar-refractivity contribution in [1.82, 2.24) is 5.32 Å². The van der Waals surface area contributed by atoms with Crippen LogP contribution in [0.25, 0.3) is 0 Å². The molecule has 0 aromatic heterocycles. The van der Waals surface area contributed by atoms with Crippen LogP contribution in [0.1, 0.15) is 13.8 Å².